The summed E-state index contributed by atoms with van der Waals surface area (Å²) in [6.45, 7) is 6.77. The maximum Gasteiger partial charge on any atom is 0.261 e. The second kappa shape index (κ2) is 10.3. The number of nitrogens with one attached hydrogen (secondary N) is 3. The first-order chi connectivity index (χ1) is 17.4. The Morgan fingerprint density at radius 1 is 1.31 bits per heavy atom. The van der Waals surface area contributed by atoms with Crippen molar-refractivity contribution < 1.29 is 9.84 Å². The van der Waals surface area contributed by atoms with E-state index >= 15 is 0 Å². The van der Waals surface area contributed by atoms with Crippen LogP contribution in [-0.2, 0) is 4.74 Å². The summed E-state index contributed by atoms with van der Waals surface area (Å²) >= 11 is 6.06. The zero-order valence-corrected chi connectivity index (χ0v) is 21.1. The Bertz CT molecular complexity index is 1430. The summed E-state index contributed by atoms with van der Waals surface area (Å²) < 4.78 is 5.83. The van der Waals surface area contributed by atoms with E-state index in [4.69, 9.17) is 21.3 Å². The Balaban J connectivity index is 1.44. The van der Waals surface area contributed by atoms with Crippen LogP contribution < -0.4 is 15.8 Å². The highest BCUT2D eigenvalue weighted by atomic mass is 35.5. The third-order valence-corrected chi connectivity index (χ3v) is 6.87. The van der Waals surface area contributed by atoms with Gasteiger partial charge < -0.3 is 30.0 Å². The van der Waals surface area contributed by atoms with Gasteiger partial charge in [0, 0.05) is 36.5 Å². The number of ether oxygens (including phenoxy) is 1. The number of morpholine rings is 1. The van der Waals surface area contributed by atoms with Crippen molar-refractivity contribution in [1.82, 2.24) is 15.0 Å². The molecule has 2 aromatic heterocycles. The normalized spacial score (nSPS) is 16.9. The van der Waals surface area contributed by atoms with Gasteiger partial charge in [0.25, 0.3) is 5.56 Å². The lowest BCUT2D eigenvalue weighted by molar-refractivity contribution is 0.0384. The van der Waals surface area contributed by atoms with Crippen LogP contribution in [0.4, 0.5) is 11.4 Å². The standard InChI is InChI=1S/C27H30ClN5O3/c1-3-20-15-33(9-10-36-20)19-11-16(2)25-22(13-19)31-26(32-25)24-21(7-8-29-27(24)35)30-14-23(34)17-5-4-6-18(28)12-17/h4-8,11-13,20,23,34H,3,9-10,14-15H2,1-2H3,(H,31,32)(H2,29,30,35). The second-order valence-corrected chi connectivity index (χ2v) is 9.57. The Labute approximate surface area is 214 Å². The fourth-order valence-corrected chi connectivity index (χ4v) is 4.87. The first-order valence-corrected chi connectivity index (χ1v) is 12.6. The van der Waals surface area contributed by atoms with Crippen molar-refractivity contribution in [2.45, 2.75) is 32.5 Å². The van der Waals surface area contributed by atoms with E-state index in [0.29, 0.717) is 34.3 Å². The van der Waals surface area contributed by atoms with E-state index < -0.39 is 6.10 Å². The highest BCUT2D eigenvalue weighted by molar-refractivity contribution is 6.30. The van der Waals surface area contributed by atoms with Gasteiger partial charge >= 0.3 is 0 Å². The maximum absolute atomic E-state index is 12.9. The quantitative estimate of drug-likeness (QED) is 0.290. The molecule has 1 aliphatic heterocycles. The molecule has 0 aliphatic carbocycles. The average Bonchev–Trinajstić information content (AvgIpc) is 3.31. The SMILES string of the molecule is CCC1CN(c2cc(C)c3nc(-c4c(NCC(O)c5cccc(Cl)c5)cc[nH]c4=O)[nH]c3c2)CCO1. The number of hydrogen-bond donors (Lipinski definition) is 4. The number of aryl methyl sites for hydroxylation is 1. The Morgan fingerprint density at radius 2 is 2.17 bits per heavy atom. The fraction of sp³-hybridized carbons (Fsp3) is 0.333. The Hall–Kier alpha value is -3.33. The van der Waals surface area contributed by atoms with Crippen LogP contribution >= 0.6 is 11.6 Å². The van der Waals surface area contributed by atoms with Gasteiger partial charge in [-0.25, -0.2) is 4.98 Å². The molecule has 8 nitrogen and oxygen atoms in total. The number of imidazole rings is 1. The zero-order chi connectivity index (χ0) is 25.2. The van der Waals surface area contributed by atoms with Gasteiger partial charge in [-0.2, -0.15) is 0 Å². The summed E-state index contributed by atoms with van der Waals surface area (Å²) in [7, 11) is 0. The molecule has 3 heterocycles. The number of nitrogens with zero attached hydrogens (tertiary/aromatic N) is 2. The summed E-state index contributed by atoms with van der Waals surface area (Å²) in [4.78, 5) is 26.1. The molecule has 36 heavy (non-hydrogen) atoms. The predicted molar refractivity (Wildman–Crippen MR) is 144 cm³/mol. The molecule has 5 rings (SSSR count). The molecule has 1 aliphatic rings. The monoisotopic (exact) mass is 507 g/mol. The van der Waals surface area contributed by atoms with Crippen LogP contribution in [0.2, 0.25) is 5.02 Å². The highest BCUT2D eigenvalue weighted by Gasteiger charge is 2.21. The molecule has 0 saturated carbocycles. The molecule has 0 radical (unpaired) electrons. The molecule has 9 heteroatoms. The highest BCUT2D eigenvalue weighted by Crippen LogP contribution is 2.30. The Morgan fingerprint density at radius 3 is 2.97 bits per heavy atom. The number of hydrogen-bond acceptors (Lipinski definition) is 6. The van der Waals surface area contributed by atoms with Gasteiger partial charge in [-0.15, -0.1) is 0 Å². The number of pyridine rings is 1. The van der Waals surface area contributed by atoms with Gasteiger partial charge in [0.2, 0.25) is 0 Å². The van der Waals surface area contributed by atoms with Gasteiger partial charge in [-0.05, 0) is 54.8 Å². The molecule has 2 aromatic carbocycles. The molecule has 1 saturated heterocycles. The van der Waals surface area contributed by atoms with Gasteiger partial charge in [0.15, 0.2) is 0 Å². The predicted octanol–water partition coefficient (Wildman–Crippen LogP) is 4.64. The molecule has 0 bridgehead atoms. The van der Waals surface area contributed by atoms with Crippen molar-refractivity contribution in [1.29, 1.82) is 0 Å². The fourth-order valence-electron chi connectivity index (χ4n) is 4.67. The van der Waals surface area contributed by atoms with Crippen molar-refractivity contribution in [3.8, 4) is 11.4 Å². The van der Waals surface area contributed by atoms with Crippen LogP contribution in [0.1, 0.15) is 30.6 Å². The first-order valence-electron chi connectivity index (χ1n) is 12.2. The van der Waals surface area contributed by atoms with Gasteiger partial charge in [0.05, 0.1) is 35.5 Å². The Kier molecular flexibility index (Phi) is 7.00. The third kappa shape index (κ3) is 4.97. The van der Waals surface area contributed by atoms with Crippen LogP contribution in [0.3, 0.4) is 0 Å². The molecule has 2 atom stereocenters. The van der Waals surface area contributed by atoms with E-state index in [2.05, 4.69) is 39.2 Å². The summed E-state index contributed by atoms with van der Waals surface area (Å²) in [5, 5.41) is 14.4. The number of aliphatic hydroxyl groups excluding tert-OH is 1. The summed E-state index contributed by atoms with van der Waals surface area (Å²) in [6, 6.07) is 13.1. The van der Waals surface area contributed by atoms with Crippen molar-refractivity contribution in [3.05, 3.63) is 75.2 Å². The van der Waals surface area contributed by atoms with Crippen LogP contribution in [0.5, 0.6) is 0 Å². The summed E-state index contributed by atoms with van der Waals surface area (Å²) in [5.41, 5.74) is 5.23. The van der Waals surface area contributed by atoms with Gasteiger partial charge in [-0.3, -0.25) is 4.79 Å². The number of rotatable bonds is 7. The van der Waals surface area contributed by atoms with E-state index in [-0.39, 0.29) is 18.2 Å². The number of fused-ring (bicyclic) bond motifs is 1. The first kappa shape index (κ1) is 24.4. The molecular weight excluding hydrogens is 478 g/mol. The van der Waals surface area contributed by atoms with Crippen molar-refractivity contribution in [2.75, 3.05) is 36.5 Å². The summed E-state index contributed by atoms with van der Waals surface area (Å²) in [5.74, 6) is 0.472. The maximum atomic E-state index is 12.9. The zero-order valence-electron chi connectivity index (χ0n) is 20.3. The van der Waals surface area contributed by atoms with Crippen LogP contribution in [0.25, 0.3) is 22.4 Å². The number of aromatic nitrogens is 3. The number of aliphatic hydroxyl groups is 1. The van der Waals surface area contributed by atoms with E-state index in [1.807, 2.05) is 13.0 Å². The van der Waals surface area contributed by atoms with Gasteiger partial charge in [-0.1, -0.05) is 30.7 Å². The van der Waals surface area contributed by atoms with Crippen molar-refractivity contribution in [3.63, 3.8) is 0 Å². The van der Waals surface area contributed by atoms with Crippen LogP contribution in [-0.4, -0.2) is 52.4 Å². The number of H-pyrrole nitrogens is 2. The lowest BCUT2D eigenvalue weighted by Crippen LogP contribution is -2.42. The summed E-state index contributed by atoms with van der Waals surface area (Å²) in [6.07, 6.45) is 1.99. The van der Waals surface area contributed by atoms with Crippen LogP contribution in [0, 0.1) is 6.92 Å². The topological polar surface area (TPSA) is 106 Å². The lowest BCUT2D eigenvalue weighted by Gasteiger charge is -2.34. The molecule has 188 valence electrons. The van der Waals surface area contributed by atoms with Gasteiger partial charge in [0.1, 0.15) is 11.4 Å². The van der Waals surface area contributed by atoms with E-state index in [0.717, 1.165) is 41.8 Å². The minimum atomic E-state index is -0.795. The third-order valence-electron chi connectivity index (χ3n) is 6.64. The van der Waals surface area contributed by atoms with E-state index in [1.165, 1.54) is 0 Å². The minimum Gasteiger partial charge on any atom is -0.387 e. The molecular formula is C27H30ClN5O3. The molecule has 4 N–H and O–H groups in total. The molecule has 0 amide bonds. The average molecular weight is 508 g/mol. The van der Waals surface area contributed by atoms with E-state index in [9.17, 15) is 9.90 Å². The van der Waals surface area contributed by atoms with E-state index in [1.54, 1.807) is 30.5 Å². The smallest absolute Gasteiger partial charge is 0.261 e. The largest absolute Gasteiger partial charge is 0.387 e. The van der Waals surface area contributed by atoms with Crippen molar-refractivity contribution >= 4 is 34.0 Å². The number of benzene rings is 2. The molecule has 4 aromatic rings. The minimum absolute atomic E-state index is 0.204. The lowest BCUT2D eigenvalue weighted by atomic mass is 10.1. The number of halogens is 1. The second-order valence-electron chi connectivity index (χ2n) is 9.14. The number of anilines is 2. The van der Waals surface area contributed by atoms with Crippen molar-refractivity contribution in [2.24, 2.45) is 0 Å². The number of aromatic amines is 2. The molecule has 1 fully saturated rings. The molecule has 0 spiro atoms. The van der Waals surface area contributed by atoms with Crippen LogP contribution in [0.15, 0.2) is 53.5 Å². The molecule has 2 unspecified atom stereocenters.